The summed E-state index contributed by atoms with van der Waals surface area (Å²) >= 11 is 0. The van der Waals surface area contributed by atoms with E-state index in [0.717, 1.165) is 16.7 Å². The number of nitrogens with zero attached hydrogens (tertiary/aromatic N) is 1. The van der Waals surface area contributed by atoms with Crippen molar-refractivity contribution >= 4 is 17.7 Å². The van der Waals surface area contributed by atoms with Crippen LogP contribution in [0.15, 0.2) is 48.5 Å². The Morgan fingerprint density at radius 1 is 0.966 bits per heavy atom. The number of hydrogen-bond acceptors (Lipinski definition) is 3. The van der Waals surface area contributed by atoms with Crippen LogP contribution in [0.5, 0.6) is 0 Å². The summed E-state index contributed by atoms with van der Waals surface area (Å²) in [6, 6.07) is 15.0. The molecule has 0 aromatic heterocycles. The highest BCUT2D eigenvalue weighted by Gasteiger charge is 2.43. The third-order valence-electron chi connectivity index (χ3n) is 5.96. The van der Waals surface area contributed by atoms with E-state index >= 15 is 0 Å². The first-order valence-corrected chi connectivity index (χ1v) is 10.0. The Morgan fingerprint density at radius 2 is 1.62 bits per heavy atom. The summed E-state index contributed by atoms with van der Waals surface area (Å²) in [6.45, 7) is 4.61. The third-order valence-corrected chi connectivity index (χ3v) is 5.96. The number of rotatable bonds is 6. The van der Waals surface area contributed by atoms with Crippen LogP contribution in [-0.2, 0) is 15.0 Å². The van der Waals surface area contributed by atoms with Crippen molar-refractivity contribution in [3.63, 3.8) is 0 Å². The number of carbonyl (C=O) groups is 3. The summed E-state index contributed by atoms with van der Waals surface area (Å²) in [5.74, 6) is -0.961. The van der Waals surface area contributed by atoms with Crippen molar-refractivity contribution in [3.05, 3.63) is 70.8 Å². The van der Waals surface area contributed by atoms with E-state index in [2.05, 4.69) is 0 Å². The lowest BCUT2D eigenvalue weighted by atomic mass is 9.73. The van der Waals surface area contributed by atoms with Crippen LogP contribution in [0.2, 0.25) is 0 Å². The van der Waals surface area contributed by atoms with Gasteiger partial charge in [-0.3, -0.25) is 14.4 Å². The van der Waals surface area contributed by atoms with Crippen molar-refractivity contribution < 1.29 is 19.5 Å². The standard InChI is InChI=1S/C24H27NO4/c1-17-8-9-18(2)20(16-17)21(26)10-11-22(27)25-14-12-24(13-15-25,23(28)29)19-6-4-3-5-7-19/h3-9,16H,10-15H2,1-2H3,(H,28,29). The van der Waals surface area contributed by atoms with Crippen molar-refractivity contribution in [1.29, 1.82) is 0 Å². The highest BCUT2D eigenvalue weighted by molar-refractivity contribution is 5.99. The molecule has 152 valence electrons. The maximum absolute atomic E-state index is 12.6. The number of aliphatic carboxylic acids is 1. The average Bonchev–Trinajstić information content (AvgIpc) is 2.74. The minimum atomic E-state index is -0.952. The zero-order chi connectivity index (χ0) is 21.0. The fourth-order valence-corrected chi connectivity index (χ4v) is 4.07. The van der Waals surface area contributed by atoms with Crippen LogP contribution in [0.25, 0.3) is 0 Å². The normalized spacial score (nSPS) is 15.7. The molecular weight excluding hydrogens is 366 g/mol. The summed E-state index contributed by atoms with van der Waals surface area (Å²) in [7, 11) is 0. The minimum Gasteiger partial charge on any atom is -0.481 e. The van der Waals surface area contributed by atoms with Crippen molar-refractivity contribution in [2.24, 2.45) is 0 Å². The van der Waals surface area contributed by atoms with Gasteiger partial charge >= 0.3 is 5.97 Å². The Kier molecular flexibility index (Phi) is 6.16. The van der Waals surface area contributed by atoms with Gasteiger partial charge in [-0.2, -0.15) is 0 Å². The zero-order valence-electron chi connectivity index (χ0n) is 17.0. The second kappa shape index (κ2) is 8.60. The van der Waals surface area contributed by atoms with E-state index in [1.807, 2.05) is 62.4 Å². The maximum atomic E-state index is 12.6. The molecule has 1 aliphatic rings. The molecule has 0 saturated carbocycles. The van der Waals surface area contributed by atoms with E-state index in [-0.39, 0.29) is 24.5 Å². The van der Waals surface area contributed by atoms with Gasteiger partial charge in [0.2, 0.25) is 5.91 Å². The number of Topliss-reactive ketones (excluding diaryl/α,β-unsaturated/α-hetero) is 1. The number of likely N-dealkylation sites (tertiary alicyclic amines) is 1. The van der Waals surface area contributed by atoms with E-state index in [0.29, 0.717) is 31.5 Å². The molecule has 0 spiro atoms. The molecular formula is C24H27NO4. The predicted molar refractivity (Wildman–Crippen MR) is 111 cm³/mol. The first kappa shape index (κ1) is 20.8. The van der Waals surface area contributed by atoms with Gasteiger partial charge in [-0.15, -0.1) is 0 Å². The largest absolute Gasteiger partial charge is 0.481 e. The lowest BCUT2D eigenvalue weighted by Crippen LogP contribution is -2.49. The number of piperidine rings is 1. The zero-order valence-corrected chi connectivity index (χ0v) is 17.0. The van der Waals surface area contributed by atoms with E-state index in [4.69, 9.17) is 0 Å². The van der Waals surface area contributed by atoms with Gasteiger partial charge in [-0.05, 0) is 43.9 Å². The van der Waals surface area contributed by atoms with Crippen LogP contribution in [-0.4, -0.2) is 40.8 Å². The smallest absolute Gasteiger partial charge is 0.314 e. The SMILES string of the molecule is Cc1ccc(C)c(C(=O)CCC(=O)N2CCC(C(=O)O)(c3ccccc3)CC2)c1. The van der Waals surface area contributed by atoms with Gasteiger partial charge in [-0.1, -0.05) is 48.0 Å². The molecule has 1 N–H and O–H groups in total. The van der Waals surface area contributed by atoms with Gasteiger partial charge in [0.1, 0.15) is 0 Å². The number of carboxylic acids is 1. The Hall–Kier alpha value is -2.95. The number of amides is 1. The number of ketones is 1. The number of aryl methyl sites for hydroxylation is 2. The summed E-state index contributed by atoms with van der Waals surface area (Å²) in [4.78, 5) is 38.9. The number of hydrogen-bond donors (Lipinski definition) is 1. The maximum Gasteiger partial charge on any atom is 0.314 e. The lowest BCUT2D eigenvalue weighted by Gasteiger charge is -2.39. The number of carbonyl (C=O) groups excluding carboxylic acids is 2. The van der Waals surface area contributed by atoms with Gasteiger partial charge in [0.05, 0.1) is 5.41 Å². The first-order valence-electron chi connectivity index (χ1n) is 10.0. The Bertz CT molecular complexity index is 912. The molecule has 0 atom stereocenters. The molecule has 1 amide bonds. The predicted octanol–water partition coefficient (Wildman–Crippen LogP) is 3.91. The first-order chi connectivity index (χ1) is 13.8. The van der Waals surface area contributed by atoms with Crippen molar-refractivity contribution in [2.45, 2.75) is 44.9 Å². The molecule has 0 radical (unpaired) electrons. The van der Waals surface area contributed by atoms with Gasteiger partial charge in [0.25, 0.3) is 0 Å². The molecule has 2 aromatic carbocycles. The third kappa shape index (κ3) is 4.39. The van der Waals surface area contributed by atoms with E-state index in [1.54, 1.807) is 4.90 Å². The van der Waals surface area contributed by atoms with Crippen LogP contribution < -0.4 is 0 Å². The molecule has 1 fully saturated rings. The fraction of sp³-hybridized carbons (Fsp3) is 0.375. The molecule has 5 heteroatoms. The van der Waals surface area contributed by atoms with Crippen LogP contribution in [0.3, 0.4) is 0 Å². The highest BCUT2D eigenvalue weighted by Crippen LogP contribution is 2.36. The molecule has 2 aromatic rings. The molecule has 3 rings (SSSR count). The number of carboxylic acid groups (broad SMARTS) is 1. The fourth-order valence-electron chi connectivity index (χ4n) is 4.07. The van der Waals surface area contributed by atoms with Crippen molar-refractivity contribution in [3.8, 4) is 0 Å². The summed E-state index contributed by atoms with van der Waals surface area (Å²) in [6.07, 6.45) is 1.08. The monoisotopic (exact) mass is 393 g/mol. The molecule has 0 unspecified atom stereocenters. The average molecular weight is 393 g/mol. The number of benzene rings is 2. The molecule has 5 nitrogen and oxygen atoms in total. The highest BCUT2D eigenvalue weighted by atomic mass is 16.4. The van der Waals surface area contributed by atoms with Gasteiger partial charge in [0.15, 0.2) is 5.78 Å². The van der Waals surface area contributed by atoms with Crippen LogP contribution in [0.4, 0.5) is 0 Å². The topological polar surface area (TPSA) is 74.7 Å². The minimum absolute atomic E-state index is 0.0271. The summed E-state index contributed by atoms with van der Waals surface area (Å²) in [5.41, 5.74) is 2.44. The van der Waals surface area contributed by atoms with Gasteiger partial charge in [0, 0.05) is 31.5 Å². The van der Waals surface area contributed by atoms with Crippen molar-refractivity contribution in [2.75, 3.05) is 13.1 Å². The van der Waals surface area contributed by atoms with Gasteiger partial charge < -0.3 is 10.0 Å². The summed E-state index contributed by atoms with van der Waals surface area (Å²) in [5, 5.41) is 9.87. The molecule has 29 heavy (non-hydrogen) atoms. The van der Waals surface area contributed by atoms with Gasteiger partial charge in [-0.25, -0.2) is 0 Å². The second-order valence-corrected chi connectivity index (χ2v) is 7.88. The summed E-state index contributed by atoms with van der Waals surface area (Å²) < 4.78 is 0. The molecule has 0 aliphatic carbocycles. The van der Waals surface area contributed by atoms with E-state index in [1.165, 1.54) is 0 Å². The Labute approximate surface area is 171 Å². The molecule has 1 saturated heterocycles. The van der Waals surface area contributed by atoms with Crippen LogP contribution in [0, 0.1) is 13.8 Å². The molecule has 1 heterocycles. The second-order valence-electron chi connectivity index (χ2n) is 7.88. The van der Waals surface area contributed by atoms with E-state index in [9.17, 15) is 19.5 Å². The Balaban J connectivity index is 1.60. The molecule has 0 bridgehead atoms. The van der Waals surface area contributed by atoms with Crippen LogP contribution >= 0.6 is 0 Å². The molecule has 1 aliphatic heterocycles. The quantitative estimate of drug-likeness (QED) is 0.755. The van der Waals surface area contributed by atoms with E-state index < -0.39 is 11.4 Å². The van der Waals surface area contributed by atoms with Crippen LogP contribution in [0.1, 0.15) is 52.7 Å². The lowest BCUT2D eigenvalue weighted by molar-refractivity contribution is -0.148. The Morgan fingerprint density at radius 3 is 2.24 bits per heavy atom. The van der Waals surface area contributed by atoms with Crippen molar-refractivity contribution in [1.82, 2.24) is 4.90 Å².